The molecule has 0 rings (SSSR count). The molecule has 0 saturated heterocycles. The molecule has 0 bridgehead atoms. The molecule has 9 atom stereocenters. The minimum absolute atomic E-state index is 0.132. The number of aliphatic hydroxyl groups is 4. The highest BCUT2D eigenvalue weighted by molar-refractivity contribution is 5.93. The Morgan fingerprint density at radius 3 is 1.36 bits per heavy atom. The first kappa shape index (κ1) is 70.8. The molecule has 0 saturated carbocycles. The maximum Gasteiger partial charge on any atom is 0.306 e. The monoisotopic (exact) mass is 1070 g/mol. The highest BCUT2D eigenvalue weighted by atomic mass is 16.6. The number of unbranched alkanes of at least 4 members (excludes halogenated alkanes) is 24. The Kier molecular flexibility index (Phi) is 43.3. The third-order valence-corrected chi connectivity index (χ3v) is 13.0. The minimum Gasteiger partial charge on any atom is -0.462 e. The molecule has 0 aliphatic heterocycles. The van der Waals surface area contributed by atoms with Gasteiger partial charge < -0.3 is 65.9 Å². The fourth-order valence-electron chi connectivity index (χ4n) is 8.37. The highest BCUT2D eigenvalue weighted by Crippen LogP contribution is 2.17. The van der Waals surface area contributed by atoms with Gasteiger partial charge in [-0.15, -0.1) is 0 Å². The van der Waals surface area contributed by atoms with Crippen molar-refractivity contribution in [3.63, 3.8) is 0 Å². The SMILES string of the molecule is CCCCCCCCCCCCCCCC(=O)OCC(COC(=O)CCC(NC(=O)C(NC(=O)C(C)OC(C(C=O)NC(C)=O)C(O)C(O)CO)C(C)O)C(N)=O)OC(=O)CCCCCCCCCCCCCCC. The van der Waals surface area contributed by atoms with Crippen molar-refractivity contribution in [2.24, 2.45) is 5.73 Å². The summed E-state index contributed by atoms with van der Waals surface area (Å²) in [4.78, 5) is 101. The van der Waals surface area contributed by atoms with E-state index in [1.165, 1.54) is 109 Å². The number of esters is 3. The molecular formula is C55H100N4O16. The molecule has 0 aromatic rings. The van der Waals surface area contributed by atoms with Crippen molar-refractivity contribution in [1.29, 1.82) is 0 Å². The van der Waals surface area contributed by atoms with E-state index in [-0.39, 0.29) is 32.2 Å². The Morgan fingerprint density at radius 2 is 0.973 bits per heavy atom. The molecule has 75 heavy (non-hydrogen) atoms. The Balaban J connectivity index is 5.40. The number of primary amides is 1. The van der Waals surface area contributed by atoms with Crippen LogP contribution in [0.4, 0.5) is 0 Å². The van der Waals surface area contributed by atoms with Crippen LogP contribution in [-0.2, 0) is 57.3 Å². The van der Waals surface area contributed by atoms with Crippen molar-refractivity contribution in [2.45, 2.75) is 282 Å². The maximum absolute atomic E-state index is 13.3. The van der Waals surface area contributed by atoms with E-state index in [0.29, 0.717) is 12.8 Å². The zero-order chi connectivity index (χ0) is 56.2. The van der Waals surface area contributed by atoms with Crippen LogP contribution in [0.5, 0.6) is 0 Å². The molecule has 9 unspecified atom stereocenters. The van der Waals surface area contributed by atoms with E-state index < -0.39 is 116 Å². The van der Waals surface area contributed by atoms with Crippen LogP contribution in [0.1, 0.15) is 227 Å². The molecule has 0 aliphatic carbocycles. The number of hydrogen-bond acceptors (Lipinski definition) is 16. The Hall–Kier alpha value is -4.24. The Bertz CT molecular complexity index is 1570. The molecule has 0 aliphatic rings. The summed E-state index contributed by atoms with van der Waals surface area (Å²) < 4.78 is 22.0. The van der Waals surface area contributed by atoms with Gasteiger partial charge in [0.1, 0.15) is 62.0 Å². The van der Waals surface area contributed by atoms with Crippen LogP contribution in [-0.4, -0.2) is 143 Å². The van der Waals surface area contributed by atoms with Crippen LogP contribution in [0.3, 0.4) is 0 Å². The molecule has 0 heterocycles. The lowest BCUT2D eigenvalue weighted by Crippen LogP contribution is -2.59. The first-order chi connectivity index (χ1) is 35.9. The normalized spacial score (nSPS) is 14.9. The third-order valence-electron chi connectivity index (χ3n) is 13.0. The van der Waals surface area contributed by atoms with E-state index >= 15 is 0 Å². The summed E-state index contributed by atoms with van der Waals surface area (Å²) in [5.41, 5.74) is 5.54. The average Bonchev–Trinajstić information content (AvgIpc) is 3.37. The summed E-state index contributed by atoms with van der Waals surface area (Å²) in [5, 5.41) is 47.0. The summed E-state index contributed by atoms with van der Waals surface area (Å²) in [6, 6.07) is -4.85. The largest absolute Gasteiger partial charge is 0.462 e. The standard InChI is InChI=1S/C55H100N4O16/c1-6-8-10-12-14-16-18-20-22-24-26-28-30-32-47(65)72-38-43(75-49(67)33-31-29-27-25-23-21-19-17-15-13-11-9-7-2)39-73-48(66)35-34-44(53(56)69)58-55(71)50(40(3)62)59-54(70)41(4)74-52(51(68)46(64)37-61)45(36-60)57-42(5)63/h36,40-41,43-46,50-52,61-62,64,68H,6-35,37-39H2,1-5H3,(H2,56,69)(H,57,63)(H,58,71)(H,59,70). The number of carbonyl (C=O) groups is 8. The summed E-state index contributed by atoms with van der Waals surface area (Å²) in [5.74, 6) is -5.84. The average molecular weight is 1070 g/mol. The number of aldehydes is 1. The number of aliphatic hydroxyl groups excluding tert-OH is 4. The summed E-state index contributed by atoms with van der Waals surface area (Å²) in [6.45, 7) is 6.01. The number of nitrogens with one attached hydrogen (secondary N) is 3. The van der Waals surface area contributed by atoms with Gasteiger partial charge in [-0.1, -0.05) is 168 Å². The van der Waals surface area contributed by atoms with Gasteiger partial charge in [-0.2, -0.15) is 0 Å². The van der Waals surface area contributed by atoms with Crippen LogP contribution >= 0.6 is 0 Å². The predicted molar refractivity (Wildman–Crippen MR) is 283 cm³/mol. The molecule has 0 spiro atoms. The van der Waals surface area contributed by atoms with Gasteiger partial charge in [0, 0.05) is 26.2 Å². The Labute approximate surface area is 447 Å². The van der Waals surface area contributed by atoms with Gasteiger partial charge in [0.25, 0.3) is 0 Å². The predicted octanol–water partition coefficient (Wildman–Crippen LogP) is 5.75. The number of hydrogen-bond donors (Lipinski definition) is 8. The molecule has 20 heteroatoms. The van der Waals surface area contributed by atoms with Gasteiger partial charge in [0.2, 0.25) is 23.6 Å². The summed E-state index contributed by atoms with van der Waals surface area (Å²) in [6.07, 6.45) is 19.7. The summed E-state index contributed by atoms with van der Waals surface area (Å²) >= 11 is 0. The second-order valence-electron chi connectivity index (χ2n) is 20.0. The molecular weight excluding hydrogens is 973 g/mol. The van der Waals surface area contributed by atoms with Crippen LogP contribution in [0.2, 0.25) is 0 Å². The quantitative estimate of drug-likeness (QED) is 0.0156. The van der Waals surface area contributed by atoms with Gasteiger partial charge in [-0.05, 0) is 33.1 Å². The van der Waals surface area contributed by atoms with Crippen LogP contribution in [0.15, 0.2) is 0 Å². The van der Waals surface area contributed by atoms with Crippen molar-refractivity contribution < 1.29 is 77.7 Å². The molecule has 20 nitrogen and oxygen atoms in total. The zero-order valence-electron chi connectivity index (χ0n) is 46.4. The molecule has 0 fully saturated rings. The van der Waals surface area contributed by atoms with E-state index in [1.54, 1.807) is 0 Å². The zero-order valence-corrected chi connectivity index (χ0v) is 46.4. The van der Waals surface area contributed by atoms with Gasteiger partial charge in [0.15, 0.2) is 6.10 Å². The van der Waals surface area contributed by atoms with Gasteiger partial charge in [-0.3, -0.25) is 33.6 Å². The fourth-order valence-corrected chi connectivity index (χ4v) is 8.37. The number of carbonyl (C=O) groups excluding carboxylic acids is 8. The van der Waals surface area contributed by atoms with E-state index in [0.717, 1.165) is 65.7 Å². The van der Waals surface area contributed by atoms with Crippen molar-refractivity contribution in [3.05, 3.63) is 0 Å². The molecule has 436 valence electrons. The van der Waals surface area contributed by atoms with Crippen molar-refractivity contribution in [3.8, 4) is 0 Å². The minimum atomic E-state index is -1.98. The summed E-state index contributed by atoms with van der Waals surface area (Å²) in [7, 11) is 0. The molecule has 0 aromatic heterocycles. The lowest BCUT2D eigenvalue weighted by Gasteiger charge is -2.32. The van der Waals surface area contributed by atoms with Crippen LogP contribution in [0.25, 0.3) is 0 Å². The van der Waals surface area contributed by atoms with Crippen molar-refractivity contribution in [1.82, 2.24) is 16.0 Å². The molecule has 4 amide bonds. The van der Waals surface area contributed by atoms with Gasteiger partial charge in [0.05, 0.1) is 12.7 Å². The van der Waals surface area contributed by atoms with E-state index in [2.05, 4.69) is 29.8 Å². The first-order valence-electron chi connectivity index (χ1n) is 28.4. The topological polar surface area (TPSA) is 317 Å². The smallest absolute Gasteiger partial charge is 0.306 e. The van der Waals surface area contributed by atoms with Crippen LogP contribution in [0, 0.1) is 0 Å². The number of ether oxygens (including phenoxy) is 4. The maximum atomic E-state index is 13.3. The van der Waals surface area contributed by atoms with Crippen molar-refractivity contribution >= 4 is 47.8 Å². The van der Waals surface area contributed by atoms with Crippen LogP contribution < -0.4 is 21.7 Å². The Morgan fingerprint density at radius 1 is 0.560 bits per heavy atom. The molecule has 0 radical (unpaired) electrons. The second-order valence-corrected chi connectivity index (χ2v) is 20.0. The highest BCUT2D eigenvalue weighted by Gasteiger charge is 2.38. The van der Waals surface area contributed by atoms with E-state index in [1.807, 2.05) is 0 Å². The van der Waals surface area contributed by atoms with E-state index in [4.69, 9.17) is 24.7 Å². The van der Waals surface area contributed by atoms with Gasteiger partial charge in [-0.25, -0.2) is 0 Å². The fraction of sp³-hybridized carbons (Fsp3) is 0.855. The number of rotatable bonds is 50. The van der Waals surface area contributed by atoms with Gasteiger partial charge >= 0.3 is 17.9 Å². The molecule has 9 N–H and O–H groups in total. The third kappa shape index (κ3) is 37.2. The first-order valence-corrected chi connectivity index (χ1v) is 28.4. The number of amides is 4. The lowest BCUT2D eigenvalue weighted by atomic mass is 10.0. The second kappa shape index (κ2) is 45.9. The van der Waals surface area contributed by atoms with E-state index in [9.17, 15) is 58.8 Å². The number of nitrogens with two attached hydrogens (primary N) is 1. The lowest BCUT2D eigenvalue weighted by molar-refractivity contribution is -0.167. The molecule has 0 aromatic carbocycles. The van der Waals surface area contributed by atoms with Crippen molar-refractivity contribution in [2.75, 3.05) is 19.8 Å².